The van der Waals surface area contributed by atoms with Crippen LogP contribution in [-0.4, -0.2) is 66.6 Å². The van der Waals surface area contributed by atoms with Gasteiger partial charge in [-0.15, -0.1) is 0 Å². The predicted octanol–water partition coefficient (Wildman–Crippen LogP) is 3.95. The van der Waals surface area contributed by atoms with E-state index in [0.717, 1.165) is 13.1 Å². The molecule has 2 atom stereocenters. The van der Waals surface area contributed by atoms with Gasteiger partial charge in [0.2, 0.25) is 5.95 Å². The van der Waals surface area contributed by atoms with Crippen molar-refractivity contribution in [1.29, 1.82) is 0 Å². The van der Waals surface area contributed by atoms with Crippen molar-refractivity contribution >= 4 is 51.0 Å². The molecule has 4 heterocycles. The average Bonchev–Trinajstić information content (AvgIpc) is 3.25. The number of benzene rings is 1. The van der Waals surface area contributed by atoms with Crippen LogP contribution in [0.4, 0.5) is 10.3 Å². The molecule has 5 rings (SSSR count). The van der Waals surface area contributed by atoms with Gasteiger partial charge in [0.1, 0.15) is 5.69 Å². The van der Waals surface area contributed by atoms with Crippen molar-refractivity contribution in [1.82, 2.24) is 29.5 Å². The fourth-order valence-electron chi connectivity index (χ4n) is 4.57. The summed E-state index contributed by atoms with van der Waals surface area (Å²) >= 11 is 12.3. The lowest BCUT2D eigenvalue weighted by atomic mass is 9.82. The zero-order valence-corrected chi connectivity index (χ0v) is 23.1. The summed E-state index contributed by atoms with van der Waals surface area (Å²) in [6.45, 7) is 4.38. The maximum atomic E-state index is 14.8. The van der Waals surface area contributed by atoms with Crippen LogP contribution in [0.25, 0.3) is 22.2 Å². The molecule has 0 saturated carbocycles. The fourth-order valence-corrected chi connectivity index (χ4v) is 5.64. The van der Waals surface area contributed by atoms with Crippen LogP contribution in [-0.2, 0) is 11.0 Å². The van der Waals surface area contributed by atoms with E-state index < -0.39 is 23.0 Å². The van der Waals surface area contributed by atoms with E-state index in [2.05, 4.69) is 37.0 Å². The van der Waals surface area contributed by atoms with Gasteiger partial charge in [0.15, 0.2) is 17.8 Å². The summed E-state index contributed by atoms with van der Waals surface area (Å²) in [5.74, 6) is -0.125. The molecule has 3 aromatic heterocycles. The zero-order chi connectivity index (χ0) is 27.2. The molecule has 4 aromatic rings. The van der Waals surface area contributed by atoms with Gasteiger partial charge in [-0.2, -0.15) is 5.10 Å². The molecule has 1 aliphatic heterocycles. The Bertz CT molecular complexity index is 1490. The molecular formula is C24H25Cl2FN8O2S. The number of aromatic amines is 1. The number of pyridine rings is 1. The van der Waals surface area contributed by atoms with Crippen molar-refractivity contribution in [2.45, 2.75) is 13.2 Å². The number of ether oxygens (including phenoxy) is 1. The highest BCUT2D eigenvalue weighted by Gasteiger charge is 2.41. The first kappa shape index (κ1) is 26.7. The van der Waals surface area contributed by atoms with Crippen molar-refractivity contribution in [3.05, 3.63) is 58.3 Å². The standard InChI is InChI=1S/C24H25Cl2FN8O2S/c1-24(10-34(2)38(3)36)11-35(12-24)23-30-6-13(7-31-23)21-14-4-19(17(27)5-18(14)32-33-21)37-22(28)20-15(25)8-29-9-16(20)26/h4-9,22H,10-12,28H2,1-3H3,(H,32,33)/t22-,38?/m0/s1. The monoisotopic (exact) mass is 578 g/mol. The van der Waals surface area contributed by atoms with E-state index in [1.165, 1.54) is 24.5 Å². The Hall–Kier alpha value is -2.90. The van der Waals surface area contributed by atoms with Gasteiger partial charge in [-0.1, -0.05) is 30.1 Å². The van der Waals surface area contributed by atoms with Gasteiger partial charge in [0, 0.05) is 78.7 Å². The summed E-state index contributed by atoms with van der Waals surface area (Å²) in [6.07, 6.45) is 6.66. The number of H-pyrrole nitrogens is 1. The summed E-state index contributed by atoms with van der Waals surface area (Å²) < 4.78 is 34.0. The van der Waals surface area contributed by atoms with E-state index in [1.54, 1.807) is 18.6 Å². The molecule has 200 valence electrons. The van der Waals surface area contributed by atoms with Crippen LogP contribution in [0, 0.1) is 11.2 Å². The highest BCUT2D eigenvalue weighted by atomic mass is 35.5. The number of hydrogen-bond donors (Lipinski definition) is 2. The van der Waals surface area contributed by atoms with E-state index in [9.17, 15) is 8.60 Å². The number of nitrogens with zero attached hydrogens (tertiary/aromatic N) is 6. The second-order valence-electron chi connectivity index (χ2n) is 9.60. The SMILES string of the molecule is CN(CC1(C)CN(c2ncc(-c3n[nH]c4cc(F)c(O[C@H](N)c5c(Cl)cncc5Cl)cc34)cn2)C1)S(C)=O. The maximum Gasteiger partial charge on any atom is 0.225 e. The summed E-state index contributed by atoms with van der Waals surface area (Å²) in [4.78, 5) is 15.0. The second kappa shape index (κ2) is 10.3. The molecule has 14 heteroatoms. The molecule has 0 amide bonds. The summed E-state index contributed by atoms with van der Waals surface area (Å²) in [5, 5.41) is 8.19. The van der Waals surface area contributed by atoms with E-state index >= 15 is 0 Å². The van der Waals surface area contributed by atoms with E-state index in [-0.39, 0.29) is 21.2 Å². The van der Waals surface area contributed by atoms with Crippen molar-refractivity contribution in [2.75, 3.05) is 37.8 Å². The third-order valence-electron chi connectivity index (χ3n) is 6.43. The number of aromatic nitrogens is 5. The van der Waals surface area contributed by atoms with Gasteiger partial charge in [0.25, 0.3) is 0 Å². The molecule has 1 aliphatic rings. The third-order valence-corrected chi connectivity index (χ3v) is 8.04. The Morgan fingerprint density at radius 1 is 1.24 bits per heavy atom. The topological polar surface area (TPSA) is 126 Å². The minimum absolute atomic E-state index is 0.00684. The van der Waals surface area contributed by atoms with Crippen LogP contribution in [0.1, 0.15) is 18.7 Å². The molecule has 0 bridgehead atoms. The lowest BCUT2D eigenvalue weighted by Gasteiger charge is -2.49. The number of nitrogens with one attached hydrogen (secondary N) is 1. The number of fused-ring (bicyclic) bond motifs is 1. The van der Waals surface area contributed by atoms with Crippen LogP contribution < -0.4 is 15.4 Å². The maximum absolute atomic E-state index is 14.8. The molecule has 0 radical (unpaired) electrons. The first-order valence-corrected chi connectivity index (χ1v) is 13.8. The molecule has 1 aromatic carbocycles. The fraction of sp³-hybridized carbons (Fsp3) is 0.333. The smallest absolute Gasteiger partial charge is 0.225 e. The average molecular weight is 579 g/mol. The Morgan fingerprint density at radius 3 is 2.53 bits per heavy atom. The Labute approximate surface area is 230 Å². The minimum atomic E-state index is -1.12. The summed E-state index contributed by atoms with van der Waals surface area (Å²) in [5.41, 5.74) is 8.10. The highest BCUT2D eigenvalue weighted by molar-refractivity contribution is 7.81. The Kier molecular flexibility index (Phi) is 7.27. The third kappa shape index (κ3) is 5.19. The molecule has 0 aliphatic carbocycles. The predicted molar refractivity (Wildman–Crippen MR) is 146 cm³/mol. The van der Waals surface area contributed by atoms with Gasteiger partial charge >= 0.3 is 0 Å². The van der Waals surface area contributed by atoms with Crippen molar-refractivity contribution < 1.29 is 13.3 Å². The molecule has 1 fully saturated rings. The molecule has 3 N–H and O–H groups in total. The van der Waals surface area contributed by atoms with Crippen molar-refractivity contribution in [3.63, 3.8) is 0 Å². The quantitative estimate of drug-likeness (QED) is 0.301. The van der Waals surface area contributed by atoms with Gasteiger partial charge < -0.3 is 9.64 Å². The zero-order valence-electron chi connectivity index (χ0n) is 20.8. The van der Waals surface area contributed by atoms with E-state index in [4.69, 9.17) is 33.7 Å². The van der Waals surface area contributed by atoms with Crippen LogP contribution in [0.5, 0.6) is 5.75 Å². The molecule has 38 heavy (non-hydrogen) atoms. The number of hydrogen-bond acceptors (Lipinski definition) is 8. The van der Waals surface area contributed by atoms with Crippen molar-refractivity contribution in [2.24, 2.45) is 11.1 Å². The normalized spacial score (nSPS) is 16.5. The van der Waals surface area contributed by atoms with Crippen molar-refractivity contribution in [3.8, 4) is 17.0 Å². The number of anilines is 1. The van der Waals surface area contributed by atoms with Gasteiger partial charge in [-0.25, -0.2) is 22.9 Å². The first-order valence-electron chi connectivity index (χ1n) is 11.6. The van der Waals surface area contributed by atoms with Crippen LogP contribution >= 0.6 is 23.2 Å². The Balaban J connectivity index is 1.35. The van der Waals surface area contributed by atoms with Gasteiger partial charge in [-0.05, 0) is 13.1 Å². The lowest BCUT2D eigenvalue weighted by molar-refractivity contribution is 0.200. The molecule has 10 nitrogen and oxygen atoms in total. The van der Waals surface area contributed by atoms with E-state index in [0.29, 0.717) is 40.2 Å². The molecule has 1 saturated heterocycles. The van der Waals surface area contributed by atoms with Crippen LogP contribution in [0.15, 0.2) is 36.9 Å². The summed E-state index contributed by atoms with van der Waals surface area (Å²) in [7, 11) is 0.839. The van der Waals surface area contributed by atoms with Crippen LogP contribution in [0.2, 0.25) is 10.0 Å². The lowest BCUT2D eigenvalue weighted by Crippen LogP contribution is -2.59. The van der Waals surface area contributed by atoms with E-state index in [1.807, 2.05) is 11.4 Å². The van der Waals surface area contributed by atoms with Gasteiger partial charge in [-0.3, -0.25) is 15.8 Å². The molecular weight excluding hydrogens is 554 g/mol. The number of rotatable bonds is 8. The number of halogens is 3. The minimum Gasteiger partial charge on any atom is -0.468 e. The number of nitrogens with two attached hydrogens (primary N) is 1. The molecule has 1 unspecified atom stereocenters. The molecule has 0 spiro atoms. The van der Waals surface area contributed by atoms with Gasteiger partial charge in [0.05, 0.1) is 26.5 Å². The highest BCUT2D eigenvalue weighted by Crippen LogP contribution is 2.36. The second-order valence-corrected chi connectivity index (χ2v) is 11.9. The largest absolute Gasteiger partial charge is 0.468 e. The van der Waals surface area contributed by atoms with Crippen LogP contribution in [0.3, 0.4) is 0 Å². The Morgan fingerprint density at radius 2 is 1.89 bits per heavy atom. The summed E-state index contributed by atoms with van der Waals surface area (Å²) in [6, 6.07) is 2.79. The first-order chi connectivity index (χ1) is 18.0.